The van der Waals surface area contributed by atoms with Crippen molar-refractivity contribution in [3.63, 3.8) is 0 Å². The van der Waals surface area contributed by atoms with E-state index in [0.717, 1.165) is 44.2 Å². The Morgan fingerprint density at radius 2 is 1.96 bits per heavy atom. The van der Waals surface area contributed by atoms with Gasteiger partial charge in [0.05, 0.1) is 12.0 Å². The molecule has 1 atom stereocenters. The van der Waals surface area contributed by atoms with Gasteiger partial charge in [-0.15, -0.1) is 0 Å². The monoisotopic (exact) mass is 371 g/mol. The molecule has 2 aliphatic rings. The molecule has 2 aromatic rings. The van der Waals surface area contributed by atoms with Gasteiger partial charge in [0.2, 0.25) is 11.8 Å². The van der Waals surface area contributed by atoms with Crippen LogP contribution >= 0.6 is 11.6 Å². The molecule has 1 aromatic carbocycles. The summed E-state index contributed by atoms with van der Waals surface area (Å²) >= 11 is 6.04. The van der Waals surface area contributed by atoms with E-state index in [1.165, 1.54) is 6.33 Å². The van der Waals surface area contributed by atoms with E-state index in [0.29, 0.717) is 17.4 Å². The van der Waals surface area contributed by atoms with Gasteiger partial charge < -0.3 is 9.64 Å². The summed E-state index contributed by atoms with van der Waals surface area (Å²) < 4.78 is 5.91. The molecule has 0 spiro atoms. The van der Waals surface area contributed by atoms with Crippen molar-refractivity contribution in [2.45, 2.75) is 43.6 Å². The molecule has 136 valence electrons. The summed E-state index contributed by atoms with van der Waals surface area (Å²) in [5.74, 6) is 0.790. The lowest BCUT2D eigenvalue weighted by molar-refractivity contribution is -0.136. The van der Waals surface area contributed by atoms with Crippen molar-refractivity contribution in [1.29, 1.82) is 0 Å². The zero-order chi connectivity index (χ0) is 18.0. The molecule has 6 heteroatoms. The van der Waals surface area contributed by atoms with Gasteiger partial charge in [-0.1, -0.05) is 36.6 Å². The van der Waals surface area contributed by atoms with Crippen LogP contribution in [0.25, 0.3) is 0 Å². The van der Waals surface area contributed by atoms with Gasteiger partial charge in [-0.3, -0.25) is 4.79 Å². The van der Waals surface area contributed by atoms with E-state index in [4.69, 9.17) is 16.3 Å². The predicted octanol–water partition coefficient (Wildman–Crippen LogP) is 3.62. The second-order valence-corrected chi connectivity index (χ2v) is 7.56. The van der Waals surface area contributed by atoms with Gasteiger partial charge in [0.15, 0.2) is 0 Å². The molecule has 0 N–H and O–H groups in total. The molecule has 1 saturated heterocycles. The molecular formula is C20H22ClN3O2. The molecule has 1 saturated carbocycles. The van der Waals surface area contributed by atoms with Crippen LogP contribution in [-0.2, 0) is 10.2 Å². The molecular weight excluding hydrogens is 350 g/mol. The maximum Gasteiger partial charge on any atom is 0.233 e. The number of carbonyl (C=O) groups is 1. The second-order valence-electron chi connectivity index (χ2n) is 7.12. The molecule has 1 aromatic heterocycles. The normalized spacial score (nSPS) is 21.7. The number of ether oxygens (including phenoxy) is 1. The third-order valence-electron chi connectivity index (χ3n) is 5.54. The van der Waals surface area contributed by atoms with E-state index in [-0.39, 0.29) is 12.0 Å². The topological polar surface area (TPSA) is 55.3 Å². The Bertz CT molecular complexity index is 760. The first kappa shape index (κ1) is 17.3. The quantitative estimate of drug-likeness (QED) is 0.823. The fraction of sp³-hybridized carbons (Fsp3) is 0.450. The fourth-order valence-corrected chi connectivity index (χ4v) is 4.33. The summed E-state index contributed by atoms with van der Waals surface area (Å²) in [6, 6.07) is 9.54. The first-order valence-electron chi connectivity index (χ1n) is 9.15. The highest BCUT2D eigenvalue weighted by Crippen LogP contribution is 2.43. The third-order valence-corrected chi connectivity index (χ3v) is 5.79. The number of halogens is 1. The van der Waals surface area contributed by atoms with Crippen LogP contribution in [0.4, 0.5) is 0 Å². The number of amides is 1. The van der Waals surface area contributed by atoms with E-state index in [9.17, 15) is 4.79 Å². The zero-order valence-corrected chi connectivity index (χ0v) is 15.4. The van der Waals surface area contributed by atoms with Crippen LogP contribution in [0.5, 0.6) is 5.88 Å². The average Bonchev–Trinajstić information content (AvgIpc) is 3.33. The van der Waals surface area contributed by atoms with Crippen molar-refractivity contribution in [1.82, 2.24) is 14.9 Å². The van der Waals surface area contributed by atoms with Crippen molar-refractivity contribution in [3.8, 4) is 5.88 Å². The van der Waals surface area contributed by atoms with Crippen LogP contribution in [-0.4, -0.2) is 40.0 Å². The highest BCUT2D eigenvalue weighted by molar-refractivity contribution is 6.30. The maximum absolute atomic E-state index is 13.5. The number of likely N-dealkylation sites (tertiary alicyclic amines) is 1. The summed E-state index contributed by atoms with van der Waals surface area (Å²) in [6.07, 6.45) is 7.93. The van der Waals surface area contributed by atoms with Crippen molar-refractivity contribution in [2.75, 3.05) is 13.1 Å². The van der Waals surface area contributed by atoms with Crippen LogP contribution in [0.3, 0.4) is 0 Å². The Labute approximate surface area is 158 Å². The smallest absolute Gasteiger partial charge is 0.233 e. The van der Waals surface area contributed by atoms with E-state index in [1.807, 2.05) is 29.2 Å². The van der Waals surface area contributed by atoms with Gasteiger partial charge in [-0.05, 0) is 30.5 Å². The predicted molar refractivity (Wildman–Crippen MR) is 99.2 cm³/mol. The first-order valence-corrected chi connectivity index (χ1v) is 9.53. The number of hydrogen-bond acceptors (Lipinski definition) is 4. The largest absolute Gasteiger partial charge is 0.472 e. The summed E-state index contributed by atoms with van der Waals surface area (Å²) in [4.78, 5) is 23.4. The maximum atomic E-state index is 13.5. The summed E-state index contributed by atoms with van der Waals surface area (Å²) in [5, 5.41) is 0.703. The molecule has 0 unspecified atom stereocenters. The first-order chi connectivity index (χ1) is 12.7. The van der Waals surface area contributed by atoms with Gasteiger partial charge in [0, 0.05) is 30.3 Å². The molecule has 1 aliphatic heterocycles. The van der Waals surface area contributed by atoms with Gasteiger partial charge >= 0.3 is 0 Å². The second kappa shape index (κ2) is 7.23. The zero-order valence-electron chi connectivity index (χ0n) is 14.6. The van der Waals surface area contributed by atoms with Crippen molar-refractivity contribution in [3.05, 3.63) is 53.4 Å². The lowest BCUT2D eigenvalue weighted by Crippen LogP contribution is -2.45. The van der Waals surface area contributed by atoms with E-state index in [2.05, 4.69) is 9.97 Å². The summed E-state index contributed by atoms with van der Waals surface area (Å²) in [7, 11) is 0. The molecule has 1 amide bonds. The minimum absolute atomic E-state index is 0.0162. The molecule has 0 radical (unpaired) electrons. The number of benzene rings is 1. The Morgan fingerprint density at radius 1 is 1.19 bits per heavy atom. The van der Waals surface area contributed by atoms with Crippen LogP contribution < -0.4 is 4.74 Å². The number of rotatable bonds is 4. The van der Waals surface area contributed by atoms with Crippen LogP contribution in [0.2, 0.25) is 5.02 Å². The molecule has 5 nitrogen and oxygen atoms in total. The van der Waals surface area contributed by atoms with Crippen molar-refractivity contribution < 1.29 is 9.53 Å². The van der Waals surface area contributed by atoms with E-state index >= 15 is 0 Å². The van der Waals surface area contributed by atoms with Gasteiger partial charge in [0.25, 0.3) is 0 Å². The molecule has 2 heterocycles. The minimum atomic E-state index is -0.408. The molecule has 4 rings (SSSR count). The highest BCUT2D eigenvalue weighted by Gasteiger charge is 2.46. The van der Waals surface area contributed by atoms with E-state index < -0.39 is 5.41 Å². The highest BCUT2D eigenvalue weighted by atomic mass is 35.5. The van der Waals surface area contributed by atoms with E-state index in [1.54, 1.807) is 12.3 Å². The Kier molecular flexibility index (Phi) is 4.81. The van der Waals surface area contributed by atoms with Crippen molar-refractivity contribution in [2.24, 2.45) is 0 Å². The van der Waals surface area contributed by atoms with Crippen LogP contribution in [0.1, 0.15) is 37.7 Å². The Morgan fingerprint density at radius 3 is 2.65 bits per heavy atom. The Balaban J connectivity index is 1.49. The van der Waals surface area contributed by atoms with Crippen LogP contribution in [0.15, 0.2) is 42.9 Å². The van der Waals surface area contributed by atoms with Crippen molar-refractivity contribution >= 4 is 17.5 Å². The molecule has 0 bridgehead atoms. The number of hydrogen-bond donors (Lipinski definition) is 0. The Hall–Kier alpha value is -2.14. The minimum Gasteiger partial charge on any atom is -0.472 e. The number of carbonyl (C=O) groups excluding carboxylic acids is 1. The van der Waals surface area contributed by atoms with Gasteiger partial charge in [0.1, 0.15) is 12.4 Å². The number of nitrogens with zero attached hydrogens (tertiary/aromatic N) is 3. The number of aromatic nitrogens is 2. The molecule has 1 aliphatic carbocycles. The van der Waals surface area contributed by atoms with Gasteiger partial charge in [-0.25, -0.2) is 9.97 Å². The molecule has 26 heavy (non-hydrogen) atoms. The SMILES string of the molecule is O=C(N1CC[C@@H](Oc2ccncn2)C1)C1(c2ccc(Cl)cc2)CCCC1. The standard InChI is InChI=1S/C20H22ClN3O2/c21-16-5-3-15(4-6-16)20(9-1-2-10-20)19(25)24-12-8-17(13-24)26-18-7-11-22-14-23-18/h3-7,11,14,17H,1-2,8-10,12-13H2/t17-/m1/s1. The summed E-state index contributed by atoms with van der Waals surface area (Å²) in [5.41, 5.74) is 0.679. The summed E-state index contributed by atoms with van der Waals surface area (Å²) in [6.45, 7) is 1.34. The molecule has 2 fully saturated rings. The lowest BCUT2D eigenvalue weighted by Gasteiger charge is -2.33. The van der Waals surface area contributed by atoms with Gasteiger partial charge in [-0.2, -0.15) is 0 Å². The lowest BCUT2D eigenvalue weighted by atomic mass is 9.77. The third kappa shape index (κ3) is 3.28. The van der Waals surface area contributed by atoms with Crippen LogP contribution in [0, 0.1) is 0 Å². The average molecular weight is 372 g/mol. The fourth-order valence-electron chi connectivity index (χ4n) is 4.20.